The molecule has 3 heterocycles. The summed E-state index contributed by atoms with van der Waals surface area (Å²) >= 11 is 0. The average Bonchev–Trinajstić information content (AvgIpc) is 3.14. The molecular formula is C38H52O26. The van der Waals surface area contributed by atoms with Crippen molar-refractivity contribution in [3.8, 4) is 0 Å². The number of rotatable bonds is 17. The molecule has 15 atom stereocenters. The highest BCUT2D eigenvalue weighted by Crippen LogP contribution is 2.38. The smallest absolute Gasteiger partial charge is 0.303 e. The lowest BCUT2D eigenvalue weighted by molar-refractivity contribution is -0.379. The standard InChI is InChI=1S/C38H52O26/c1-14(39)50-11-24-29(30(55-19(6)44)33(36(49)60-24)57-21(8)46)63-37-35(59-23(10)48)32(28(54-18(5)43)26(61-37)13-52-16(3)41)64-38-34(58-22(9)47)31(56-20(7)45)27(53-17(4)42)25(62-38)12-51-15(2)40/h24-38,49H,11-13H2,1-10H3/t24-,25-,26-,27+,28+,29-,30+,31+,32+,33-,34-,35-,36-,37+,38+/m1/s1. The maximum absolute atomic E-state index is 12.9. The van der Waals surface area contributed by atoms with Gasteiger partial charge in [-0.1, -0.05) is 0 Å². The molecule has 3 fully saturated rings. The molecule has 0 aromatic rings. The van der Waals surface area contributed by atoms with Crippen LogP contribution in [0.3, 0.4) is 0 Å². The molecule has 360 valence electrons. The summed E-state index contributed by atoms with van der Waals surface area (Å²) in [4.78, 5) is 124. The van der Waals surface area contributed by atoms with E-state index in [4.69, 9.17) is 71.1 Å². The van der Waals surface area contributed by atoms with Crippen molar-refractivity contribution in [2.75, 3.05) is 19.8 Å². The Hall–Kier alpha value is -5.54. The minimum Gasteiger partial charge on any atom is -0.463 e. The molecule has 0 aliphatic carbocycles. The first-order chi connectivity index (χ1) is 29.9. The van der Waals surface area contributed by atoms with Gasteiger partial charge >= 0.3 is 59.7 Å². The third-order valence-corrected chi connectivity index (χ3v) is 8.84. The molecule has 26 nitrogen and oxygen atoms in total. The van der Waals surface area contributed by atoms with Gasteiger partial charge in [0.2, 0.25) is 0 Å². The van der Waals surface area contributed by atoms with Crippen LogP contribution in [0.1, 0.15) is 69.2 Å². The highest BCUT2D eigenvalue weighted by Gasteiger charge is 2.60. The molecule has 0 spiro atoms. The topological polar surface area (TPSA) is 329 Å². The Morgan fingerprint density at radius 1 is 0.328 bits per heavy atom. The fourth-order valence-electron chi connectivity index (χ4n) is 6.77. The van der Waals surface area contributed by atoms with E-state index in [1.165, 1.54) is 0 Å². The van der Waals surface area contributed by atoms with Crippen molar-refractivity contribution in [1.82, 2.24) is 0 Å². The Balaban J connectivity index is 2.33. The second-order valence-corrected chi connectivity index (χ2v) is 14.3. The van der Waals surface area contributed by atoms with Gasteiger partial charge in [-0.15, -0.1) is 0 Å². The Kier molecular flexibility index (Phi) is 19.8. The summed E-state index contributed by atoms with van der Waals surface area (Å²) in [5.74, 6) is -9.66. The summed E-state index contributed by atoms with van der Waals surface area (Å²) in [6.45, 7) is 7.62. The van der Waals surface area contributed by atoms with Crippen LogP contribution in [-0.2, 0) is 119 Å². The average molecular weight is 925 g/mol. The van der Waals surface area contributed by atoms with Gasteiger partial charge in [0.15, 0.2) is 61.6 Å². The molecule has 0 saturated carbocycles. The van der Waals surface area contributed by atoms with Crippen LogP contribution in [0.2, 0.25) is 0 Å². The minimum absolute atomic E-state index is 0.703. The zero-order chi connectivity index (χ0) is 48.2. The Morgan fingerprint density at radius 2 is 0.594 bits per heavy atom. The van der Waals surface area contributed by atoms with Gasteiger partial charge in [0, 0.05) is 69.2 Å². The van der Waals surface area contributed by atoms with Crippen molar-refractivity contribution >= 4 is 59.7 Å². The molecule has 3 aliphatic rings. The number of hydrogen-bond acceptors (Lipinski definition) is 26. The summed E-state index contributed by atoms with van der Waals surface area (Å²) in [7, 11) is 0. The molecule has 3 saturated heterocycles. The first kappa shape index (κ1) is 52.8. The lowest BCUT2D eigenvalue weighted by Crippen LogP contribution is -2.69. The van der Waals surface area contributed by atoms with Gasteiger partial charge in [-0.3, -0.25) is 47.9 Å². The van der Waals surface area contributed by atoms with Crippen LogP contribution in [0, 0.1) is 0 Å². The van der Waals surface area contributed by atoms with Gasteiger partial charge in [0.1, 0.15) is 50.3 Å². The molecule has 0 radical (unpaired) electrons. The molecule has 0 amide bonds. The van der Waals surface area contributed by atoms with Crippen LogP contribution in [0.25, 0.3) is 0 Å². The summed E-state index contributed by atoms with van der Waals surface area (Å²) in [6, 6.07) is 0. The van der Waals surface area contributed by atoms with E-state index in [0.717, 1.165) is 69.2 Å². The number of aliphatic hydroxyl groups is 1. The van der Waals surface area contributed by atoms with Crippen LogP contribution in [0.4, 0.5) is 0 Å². The third kappa shape index (κ3) is 15.6. The van der Waals surface area contributed by atoms with Crippen LogP contribution >= 0.6 is 0 Å². The van der Waals surface area contributed by atoms with Crippen molar-refractivity contribution < 1.29 is 124 Å². The highest BCUT2D eigenvalue weighted by atomic mass is 16.8. The van der Waals surface area contributed by atoms with E-state index in [1.54, 1.807) is 0 Å². The summed E-state index contributed by atoms with van der Waals surface area (Å²) in [5, 5.41) is 10.9. The summed E-state index contributed by atoms with van der Waals surface area (Å²) < 4.78 is 84.4. The van der Waals surface area contributed by atoms with E-state index in [9.17, 15) is 53.1 Å². The number of hydrogen-bond donors (Lipinski definition) is 1. The van der Waals surface area contributed by atoms with E-state index in [2.05, 4.69) is 0 Å². The molecule has 1 N–H and O–H groups in total. The van der Waals surface area contributed by atoms with Gasteiger partial charge < -0.3 is 76.2 Å². The first-order valence-corrected chi connectivity index (χ1v) is 19.4. The molecule has 0 bridgehead atoms. The van der Waals surface area contributed by atoms with E-state index in [-0.39, 0.29) is 0 Å². The van der Waals surface area contributed by atoms with Gasteiger partial charge in [-0.05, 0) is 0 Å². The van der Waals surface area contributed by atoms with Gasteiger partial charge in [-0.25, -0.2) is 0 Å². The minimum atomic E-state index is -2.06. The monoisotopic (exact) mass is 924 g/mol. The quantitative estimate of drug-likeness (QED) is 0.123. The maximum Gasteiger partial charge on any atom is 0.303 e. The van der Waals surface area contributed by atoms with Crippen molar-refractivity contribution in [3.05, 3.63) is 0 Å². The van der Waals surface area contributed by atoms with Crippen LogP contribution in [-0.4, -0.2) is 177 Å². The number of ether oxygens (including phenoxy) is 15. The Bertz CT molecular complexity index is 1730. The van der Waals surface area contributed by atoms with Crippen molar-refractivity contribution in [2.24, 2.45) is 0 Å². The SMILES string of the molecule is CC(=O)OC[C@H]1O[C@@H](O[C@H]2[C@@H](OC(C)=O)[C@@H](COC(C)=O)O[C@@H](O[C@H]3[C@H](OC(C)=O)[C@@H](OC(C)=O)[C@H](O)O[C@@H]3COC(C)=O)[C@@H]2OC(C)=O)[C@H](OC(C)=O)[C@@H](OC(C)=O)[C@H]1OC(C)=O. The second kappa shape index (κ2) is 23.9. The van der Waals surface area contributed by atoms with Gasteiger partial charge in [0.25, 0.3) is 0 Å². The Labute approximate surface area is 364 Å². The van der Waals surface area contributed by atoms with Crippen molar-refractivity contribution in [3.63, 3.8) is 0 Å². The normalized spacial score (nSPS) is 32.3. The van der Waals surface area contributed by atoms with Crippen LogP contribution < -0.4 is 0 Å². The number of carbonyl (C=O) groups is 10. The zero-order valence-corrected chi connectivity index (χ0v) is 36.4. The largest absolute Gasteiger partial charge is 0.463 e. The van der Waals surface area contributed by atoms with Crippen molar-refractivity contribution in [2.45, 2.75) is 161 Å². The highest BCUT2D eigenvalue weighted by molar-refractivity contribution is 5.70. The molecular weight excluding hydrogens is 872 g/mol. The molecule has 3 aliphatic heterocycles. The fraction of sp³-hybridized carbons (Fsp3) is 0.737. The number of carbonyl (C=O) groups excluding carboxylic acids is 10. The molecule has 3 rings (SSSR count). The first-order valence-electron chi connectivity index (χ1n) is 19.4. The fourth-order valence-corrected chi connectivity index (χ4v) is 6.77. The second-order valence-electron chi connectivity index (χ2n) is 14.3. The summed E-state index contributed by atoms with van der Waals surface area (Å²) in [5.41, 5.74) is 0. The molecule has 26 heteroatoms. The van der Waals surface area contributed by atoms with E-state index in [0.29, 0.717) is 0 Å². The number of aliphatic hydroxyl groups excluding tert-OH is 1. The van der Waals surface area contributed by atoms with E-state index >= 15 is 0 Å². The molecule has 0 aromatic heterocycles. The van der Waals surface area contributed by atoms with Crippen LogP contribution in [0.5, 0.6) is 0 Å². The van der Waals surface area contributed by atoms with Gasteiger partial charge in [0.05, 0.1) is 0 Å². The lowest BCUT2D eigenvalue weighted by Gasteiger charge is -2.50. The van der Waals surface area contributed by atoms with Crippen molar-refractivity contribution in [1.29, 1.82) is 0 Å². The predicted molar refractivity (Wildman–Crippen MR) is 197 cm³/mol. The van der Waals surface area contributed by atoms with E-state index in [1.807, 2.05) is 0 Å². The zero-order valence-electron chi connectivity index (χ0n) is 36.4. The van der Waals surface area contributed by atoms with Gasteiger partial charge in [-0.2, -0.15) is 0 Å². The molecule has 0 aromatic carbocycles. The Morgan fingerprint density at radius 3 is 0.953 bits per heavy atom. The molecule has 64 heavy (non-hydrogen) atoms. The lowest BCUT2D eigenvalue weighted by atomic mass is 9.95. The van der Waals surface area contributed by atoms with E-state index < -0.39 is 172 Å². The predicted octanol–water partition coefficient (Wildman–Crippen LogP) is -1.86. The molecule has 0 unspecified atom stereocenters. The maximum atomic E-state index is 12.9. The van der Waals surface area contributed by atoms with Crippen LogP contribution in [0.15, 0.2) is 0 Å². The number of esters is 10. The summed E-state index contributed by atoms with van der Waals surface area (Å²) in [6.07, 6.45) is -27.6. The third-order valence-electron chi connectivity index (χ3n) is 8.84.